The first-order valence-electron chi connectivity index (χ1n) is 6.67. The van der Waals surface area contributed by atoms with Gasteiger partial charge in [-0.05, 0) is 38.5 Å². The van der Waals surface area contributed by atoms with Gasteiger partial charge in [0, 0.05) is 17.3 Å². The number of rotatable bonds is 3. The summed E-state index contributed by atoms with van der Waals surface area (Å²) >= 11 is 0. The van der Waals surface area contributed by atoms with Gasteiger partial charge in [-0.2, -0.15) is 5.10 Å². The van der Waals surface area contributed by atoms with Crippen LogP contribution in [0.5, 0.6) is 0 Å². The van der Waals surface area contributed by atoms with E-state index < -0.39 is 0 Å². The molecule has 1 aliphatic carbocycles. The lowest BCUT2D eigenvalue weighted by molar-refractivity contribution is -0.121. The second kappa shape index (κ2) is 4.75. The minimum Gasteiger partial charge on any atom is -0.353 e. The Morgan fingerprint density at radius 2 is 2.22 bits per heavy atom. The van der Waals surface area contributed by atoms with E-state index in [2.05, 4.69) is 29.4 Å². The molecule has 1 heterocycles. The topological polar surface area (TPSA) is 57.8 Å². The van der Waals surface area contributed by atoms with Gasteiger partial charge in [-0.1, -0.05) is 13.8 Å². The van der Waals surface area contributed by atoms with Gasteiger partial charge in [0.1, 0.15) is 0 Å². The molecule has 0 radical (unpaired) electrons. The number of aromatic nitrogens is 2. The highest BCUT2D eigenvalue weighted by Crippen LogP contribution is 2.36. The predicted molar refractivity (Wildman–Crippen MR) is 71.3 cm³/mol. The molecule has 4 nitrogen and oxygen atoms in total. The highest BCUT2D eigenvalue weighted by molar-refractivity contribution is 5.79. The lowest BCUT2D eigenvalue weighted by atomic mass is 9.92. The van der Waals surface area contributed by atoms with E-state index in [1.807, 2.05) is 13.8 Å². The monoisotopic (exact) mass is 249 g/mol. The Balaban J connectivity index is 1.90. The van der Waals surface area contributed by atoms with Crippen molar-refractivity contribution in [2.75, 3.05) is 0 Å². The minimum atomic E-state index is 0.116. The van der Waals surface area contributed by atoms with E-state index in [1.165, 1.54) is 6.42 Å². The summed E-state index contributed by atoms with van der Waals surface area (Å²) in [7, 11) is 0. The van der Waals surface area contributed by atoms with E-state index in [1.54, 1.807) is 0 Å². The maximum Gasteiger partial charge on any atom is 0.224 e. The van der Waals surface area contributed by atoms with Gasteiger partial charge < -0.3 is 5.32 Å². The molecule has 100 valence electrons. The third-order valence-electron chi connectivity index (χ3n) is 3.95. The Hall–Kier alpha value is -1.32. The van der Waals surface area contributed by atoms with E-state index in [0.29, 0.717) is 17.9 Å². The van der Waals surface area contributed by atoms with Crippen LogP contribution in [0.4, 0.5) is 0 Å². The summed E-state index contributed by atoms with van der Waals surface area (Å²) in [6, 6.07) is 0.347. The number of aromatic amines is 1. The van der Waals surface area contributed by atoms with Crippen molar-refractivity contribution >= 4 is 5.91 Å². The molecule has 2 N–H and O–H groups in total. The Morgan fingerprint density at radius 1 is 1.50 bits per heavy atom. The molecular weight excluding hydrogens is 226 g/mol. The molecule has 4 heteroatoms. The standard InChI is InChI=1S/C14H23N3O/c1-9-12(10(2)17-16-9)7-13(18)15-11-5-6-14(3,4)8-11/h11H,5-8H2,1-4H3,(H,15,18)(H,16,17). The molecule has 2 rings (SSSR count). The van der Waals surface area contributed by atoms with Crippen molar-refractivity contribution in [3.63, 3.8) is 0 Å². The van der Waals surface area contributed by atoms with E-state index in [-0.39, 0.29) is 5.91 Å². The first-order valence-corrected chi connectivity index (χ1v) is 6.67. The highest BCUT2D eigenvalue weighted by Gasteiger charge is 2.31. The van der Waals surface area contributed by atoms with Gasteiger partial charge in [0.2, 0.25) is 5.91 Å². The van der Waals surface area contributed by atoms with Crippen LogP contribution in [0.3, 0.4) is 0 Å². The van der Waals surface area contributed by atoms with E-state index >= 15 is 0 Å². The number of carbonyl (C=O) groups excluding carboxylic acids is 1. The molecule has 1 unspecified atom stereocenters. The van der Waals surface area contributed by atoms with Crippen LogP contribution in [-0.4, -0.2) is 22.1 Å². The van der Waals surface area contributed by atoms with Crippen LogP contribution in [0.2, 0.25) is 0 Å². The van der Waals surface area contributed by atoms with Crippen molar-refractivity contribution in [2.24, 2.45) is 5.41 Å². The second-order valence-electron chi connectivity index (χ2n) is 6.26. The van der Waals surface area contributed by atoms with Crippen molar-refractivity contribution in [2.45, 2.75) is 59.4 Å². The van der Waals surface area contributed by atoms with Crippen LogP contribution in [0.25, 0.3) is 0 Å². The van der Waals surface area contributed by atoms with Crippen LogP contribution in [-0.2, 0) is 11.2 Å². The SMILES string of the molecule is Cc1n[nH]c(C)c1CC(=O)NC1CCC(C)(C)C1. The van der Waals surface area contributed by atoms with Crippen molar-refractivity contribution in [1.82, 2.24) is 15.5 Å². The van der Waals surface area contributed by atoms with Gasteiger partial charge in [-0.3, -0.25) is 9.89 Å². The van der Waals surface area contributed by atoms with Crippen molar-refractivity contribution in [3.05, 3.63) is 17.0 Å². The molecule has 0 bridgehead atoms. The molecule has 0 saturated heterocycles. The summed E-state index contributed by atoms with van der Waals surface area (Å²) in [5.74, 6) is 0.116. The number of nitrogens with one attached hydrogen (secondary N) is 2. The molecule has 1 aromatic rings. The van der Waals surface area contributed by atoms with Gasteiger partial charge in [-0.25, -0.2) is 0 Å². The largest absolute Gasteiger partial charge is 0.353 e. The average Bonchev–Trinajstić information content (AvgIpc) is 2.75. The first kappa shape index (κ1) is 13.1. The van der Waals surface area contributed by atoms with Crippen LogP contribution in [0, 0.1) is 19.3 Å². The molecular formula is C14H23N3O. The first-order chi connectivity index (χ1) is 8.37. The number of amides is 1. The Labute approximate surface area is 109 Å². The lowest BCUT2D eigenvalue weighted by Gasteiger charge is -2.17. The fraction of sp³-hybridized carbons (Fsp3) is 0.714. The van der Waals surface area contributed by atoms with Gasteiger partial charge >= 0.3 is 0 Å². The van der Waals surface area contributed by atoms with Gasteiger partial charge in [0.15, 0.2) is 0 Å². The number of H-pyrrole nitrogens is 1. The van der Waals surface area contributed by atoms with Crippen LogP contribution in [0.15, 0.2) is 0 Å². The third kappa shape index (κ3) is 2.92. The normalized spacial score (nSPS) is 22.1. The zero-order valence-electron chi connectivity index (χ0n) is 11.8. The molecule has 1 fully saturated rings. The number of nitrogens with zero attached hydrogens (tertiary/aromatic N) is 1. The molecule has 1 atom stereocenters. The molecule has 18 heavy (non-hydrogen) atoms. The third-order valence-corrected chi connectivity index (χ3v) is 3.95. The van der Waals surface area contributed by atoms with Crippen molar-refractivity contribution in [1.29, 1.82) is 0 Å². The summed E-state index contributed by atoms with van der Waals surface area (Å²) in [4.78, 5) is 12.0. The predicted octanol–water partition coefficient (Wildman–Crippen LogP) is 2.26. The molecule has 1 saturated carbocycles. The van der Waals surface area contributed by atoms with Crippen LogP contribution >= 0.6 is 0 Å². The molecule has 0 aliphatic heterocycles. The maximum atomic E-state index is 12.0. The Kier molecular flexibility index (Phi) is 3.46. The fourth-order valence-electron chi connectivity index (χ4n) is 2.83. The molecule has 0 spiro atoms. The molecule has 1 amide bonds. The van der Waals surface area contributed by atoms with Gasteiger partial charge in [0.05, 0.1) is 12.1 Å². The average molecular weight is 249 g/mol. The van der Waals surface area contributed by atoms with E-state index in [9.17, 15) is 4.79 Å². The summed E-state index contributed by atoms with van der Waals surface area (Å²) in [6.45, 7) is 8.43. The second-order valence-corrected chi connectivity index (χ2v) is 6.26. The number of aryl methyl sites for hydroxylation is 2. The zero-order chi connectivity index (χ0) is 13.3. The fourth-order valence-corrected chi connectivity index (χ4v) is 2.83. The minimum absolute atomic E-state index is 0.116. The van der Waals surface area contributed by atoms with Crippen molar-refractivity contribution < 1.29 is 4.79 Å². The number of carbonyl (C=O) groups is 1. The number of hydrogen-bond donors (Lipinski definition) is 2. The van der Waals surface area contributed by atoms with Crippen molar-refractivity contribution in [3.8, 4) is 0 Å². The van der Waals surface area contributed by atoms with E-state index in [0.717, 1.165) is 29.8 Å². The van der Waals surface area contributed by atoms with Crippen LogP contribution < -0.4 is 5.32 Å². The molecule has 1 aliphatic rings. The molecule has 1 aromatic heterocycles. The summed E-state index contributed by atoms with van der Waals surface area (Å²) in [6.07, 6.45) is 3.82. The summed E-state index contributed by atoms with van der Waals surface area (Å²) < 4.78 is 0. The molecule has 0 aromatic carbocycles. The smallest absolute Gasteiger partial charge is 0.224 e. The zero-order valence-corrected chi connectivity index (χ0v) is 11.8. The summed E-state index contributed by atoms with van der Waals surface area (Å²) in [5.41, 5.74) is 3.33. The Bertz CT molecular complexity index is 428. The number of hydrogen-bond acceptors (Lipinski definition) is 2. The van der Waals surface area contributed by atoms with Gasteiger partial charge in [-0.15, -0.1) is 0 Å². The van der Waals surface area contributed by atoms with Gasteiger partial charge in [0.25, 0.3) is 0 Å². The summed E-state index contributed by atoms with van der Waals surface area (Å²) in [5, 5.41) is 10.2. The quantitative estimate of drug-likeness (QED) is 0.863. The highest BCUT2D eigenvalue weighted by atomic mass is 16.1. The van der Waals surface area contributed by atoms with Crippen LogP contribution in [0.1, 0.15) is 50.1 Å². The maximum absolute atomic E-state index is 12.0. The Morgan fingerprint density at radius 3 is 2.72 bits per heavy atom. The van der Waals surface area contributed by atoms with E-state index in [4.69, 9.17) is 0 Å². The lowest BCUT2D eigenvalue weighted by Crippen LogP contribution is -2.34.